The number of rotatable bonds is 4. The van der Waals surface area contributed by atoms with Gasteiger partial charge < -0.3 is 11.1 Å². The Bertz CT molecular complexity index is 446. The highest BCUT2D eigenvalue weighted by Gasteiger charge is 2.26. The Kier molecular flexibility index (Phi) is 5.49. The van der Waals surface area contributed by atoms with Gasteiger partial charge in [0, 0.05) is 16.9 Å². The van der Waals surface area contributed by atoms with Crippen LogP contribution in [0.4, 0.5) is 0 Å². The number of carbonyl (C=O) groups is 1. The van der Waals surface area contributed by atoms with Crippen molar-refractivity contribution >= 4 is 17.7 Å². The van der Waals surface area contributed by atoms with Crippen LogP contribution in [0, 0.1) is 5.92 Å². The largest absolute Gasteiger partial charge is 0.349 e. The Morgan fingerprint density at radius 3 is 2.65 bits per heavy atom. The molecule has 20 heavy (non-hydrogen) atoms. The van der Waals surface area contributed by atoms with Crippen LogP contribution in [0.25, 0.3) is 0 Å². The Balaban J connectivity index is 1.92. The molecule has 0 heterocycles. The van der Waals surface area contributed by atoms with E-state index in [1.165, 1.54) is 4.90 Å². The summed E-state index contributed by atoms with van der Waals surface area (Å²) < 4.78 is 0. The molecule has 0 aromatic heterocycles. The first-order valence-corrected chi connectivity index (χ1v) is 8.52. The summed E-state index contributed by atoms with van der Waals surface area (Å²) in [5.41, 5.74) is 7.10. The Morgan fingerprint density at radius 1 is 1.35 bits per heavy atom. The van der Waals surface area contributed by atoms with Gasteiger partial charge in [0.25, 0.3) is 0 Å². The summed E-state index contributed by atoms with van der Waals surface area (Å²) in [7, 11) is 0. The minimum Gasteiger partial charge on any atom is -0.349 e. The van der Waals surface area contributed by atoms with Crippen molar-refractivity contribution < 1.29 is 4.79 Å². The molecule has 0 aliphatic heterocycles. The second kappa shape index (κ2) is 7.14. The SMILES string of the molecule is CSc1ccc(C(C)NC(=O)C2CCCC(N)C2)cc1. The minimum atomic E-state index is 0.0524. The van der Waals surface area contributed by atoms with Crippen molar-refractivity contribution in [3.63, 3.8) is 0 Å². The number of thioether (sulfide) groups is 1. The van der Waals surface area contributed by atoms with Crippen molar-refractivity contribution in [2.75, 3.05) is 6.26 Å². The molecular weight excluding hydrogens is 268 g/mol. The highest BCUT2D eigenvalue weighted by Crippen LogP contribution is 2.25. The smallest absolute Gasteiger partial charge is 0.223 e. The van der Waals surface area contributed by atoms with E-state index in [0.29, 0.717) is 0 Å². The molecule has 0 bridgehead atoms. The maximum absolute atomic E-state index is 12.3. The lowest BCUT2D eigenvalue weighted by molar-refractivity contribution is -0.126. The van der Waals surface area contributed by atoms with Gasteiger partial charge in [0.15, 0.2) is 0 Å². The monoisotopic (exact) mass is 292 g/mol. The molecule has 0 saturated heterocycles. The zero-order valence-electron chi connectivity index (χ0n) is 12.3. The average molecular weight is 292 g/mol. The van der Waals surface area contributed by atoms with E-state index in [0.717, 1.165) is 31.2 Å². The van der Waals surface area contributed by atoms with Crippen LogP contribution in [-0.4, -0.2) is 18.2 Å². The Morgan fingerprint density at radius 2 is 2.05 bits per heavy atom. The van der Waals surface area contributed by atoms with Gasteiger partial charge in [-0.05, 0) is 50.1 Å². The van der Waals surface area contributed by atoms with Crippen molar-refractivity contribution in [2.45, 2.75) is 49.6 Å². The van der Waals surface area contributed by atoms with Crippen LogP contribution in [0.15, 0.2) is 29.2 Å². The van der Waals surface area contributed by atoms with Crippen molar-refractivity contribution in [3.05, 3.63) is 29.8 Å². The quantitative estimate of drug-likeness (QED) is 0.838. The maximum Gasteiger partial charge on any atom is 0.223 e. The van der Waals surface area contributed by atoms with Gasteiger partial charge in [0.2, 0.25) is 5.91 Å². The van der Waals surface area contributed by atoms with Crippen molar-refractivity contribution in [2.24, 2.45) is 11.7 Å². The molecule has 3 N–H and O–H groups in total. The molecule has 1 aromatic rings. The van der Waals surface area contributed by atoms with Gasteiger partial charge in [-0.3, -0.25) is 4.79 Å². The van der Waals surface area contributed by atoms with E-state index in [1.807, 2.05) is 6.92 Å². The first kappa shape index (κ1) is 15.4. The number of nitrogens with one attached hydrogen (secondary N) is 1. The van der Waals surface area contributed by atoms with Gasteiger partial charge >= 0.3 is 0 Å². The molecule has 0 radical (unpaired) electrons. The van der Waals surface area contributed by atoms with E-state index in [1.54, 1.807) is 11.8 Å². The van der Waals surface area contributed by atoms with E-state index in [2.05, 4.69) is 35.8 Å². The number of benzene rings is 1. The van der Waals surface area contributed by atoms with Crippen LogP contribution >= 0.6 is 11.8 Å². The molecule has 0 spiro atoms. The summed E-state index contributed by atoms with van der Waals surface area (Å²) in [6.07, 6.45) is 5.97. The lowest BCUT2D eigenvalue weighted by atomic mass is 9.85. The summed E-state index contributed by atoms with van der Waals surface area (Å²) in [5, 5.41) is 3.12. The molecule has 3 atom stereocenters. The third kappa shape index (κ3) is 4.00. The number of nitrogens with two attached hydrogens (primary N) is 1. The molecule has 2 rings (SSSR count). The highest BCUT2D eigenvalue weighted by atomic mass is 32.2. The zero-order chi connectivity index (χ0) is 14.5. The summed E-state index contributed by atoms with van der Waals surface area (Å²) >= 11 is 1.72. The fourth-order valence-corrected chi connectivity index (χ4v) is 3.18. The predicted molar refractivity (Wildman–Crippen MR) is 84.7 cm³/mol. The fraction of sp³-hybridized carbons (Fsp3) is 0.562. The summed E-state index contributed by atoms with van der Waals surface area (Å²) in [6, 6.07) is 8.61. The number of hydrogen-bond acceptors (Lipinski definition) is 3. The second-order valence-corrected chi connectivity index (χ2v) is 6.51. The van der Waals surface area contributed by atoms with Gasteiger partial charge in [0.1, 0.15) is 0 Å². The van der Waals surface area contributed by atoms with Crippen LogP contribution in [0.2, 0.25) is 0 Å². The zero-order valence-corrected chi connectivity index (χ0v) is 13.1. The van der Waals surface area contributed by atoms with E-state index in [9.17, 15) is 4.79 Å². The fourth-order valence-electron chi connectivity index (χ4n) is 2.77. The molecule has 1 aromatic carbocycles. The molecular formula is C16H24N2OS. The van der Waals surface area contributed by atoms with Crippen LogP contribution in [0.1, 0.15) is 44.2 Å². The minimum absolute atomic E-state index is 0.0524. The third-order valence-electron chi connectivity index (χ3n) is 4.06. The summed E-state index contributed by atoms with van der Waals surface area (Å²) in [6.45, 7) is 2.04. The van der Waals surface area contributed by atoms with Crippen LogP contribution in [0.3, 0.4) is 0 Å². The summed E-state index contributed by atoms with van der Waals surface area (Å²) in [5.74, 6) is 0.244. The molecule has 1 saturated carbocycles. The third-order valence-corrected chi connectivity index (χ3v) is 4.80. The number of hydrogen-bond donors (Lipinski definition) is 2. The van der Waals surface area contributed by atoms with Crippen molar-refractivity contribution in [1.82, 2.24) is 5.32 Å². The lowest BCUT2D eigenvalue weighted by Crippen LogP contribution is -2.38. The second-order valence-electron chi connectivity index (χ2n) is 5.63. The first-order chi connectivity index (χ1) is 9.60. The molecule has 110 valence electrons. The molecule has 3 unspecified atom stereocenters. The molecule has 3 nitrogen and oxygen atoms in total. The lowest BCUT2D eigenvalue weighted by Gasteiger charge is -2.27. The Hall–Kier alpha value is -1.00. The molecule has 1 fully saturated rings. The van der Waals surface area contributed by atoms with Gasteiger partial charge in [-0.2, -0.15) is 0 Å². The van der Waals surface area contributed by atoms with Crippen LogP contribution < -0.4 is 11.1 Å². The molecule has 1 aliphatic carbocycles. The van der Waals surface area contributed by atoms with Gasteiger partial charge in [0.05, 0.1) is 6.04 Å². The highest BCUT2D eigenvalue weighted by molar-refractivity contribution is 7.98. The predicted octanol–water partition coefficient (Wildman–Crippen LogP) is 3.10. The van der Waals surface area contributed by atoms with Crippen LogP contribution in [-0.2, 0) is 4.79 Å². The van der Waals surface area contributed by atoms with Crippen molar-refractivity contribution in [1.29, 1.82) is 0 Å². The van der Waals surface area contributed by atoms with Gasteiger partial charge in [-0.1, -0.05) is 18.6 Å². The average Bonchev–Trinajstić information content (AvgIpc) is 2.47. The maximum atomic E-state index is 12.3. The van der Waals surface area contributed by atoms with E-state index >= 15 is 0 Å². The number of carbonyl (C=O) groups excluding carboxylic acids is 1. The van der Waals surface area contributed by atoms with Gasteiger partial charge in [-0.15, -0.1) is 11.8 Å². The molecule has 1 aliphatic rings. The molecule has 4 heteroatoms. The molecule has 1 amide bonds. The Labute approximate surface area is 125 Å². The van der Waals surface area contributed by atoms with E-state index in [-0.39, 0.29) is 23.9 Å². The summed E-state index contributed by atoms with van der Waals surface area (Å²) in [4.78, 5) is 13.5. The van der Waals surface area contributed by atoms with Gasteiger partial charge in [-0.25, -0.2) is 0 Å². The van der Waals surface area contributed by atoms with E-state index in [4.69, 9.17) is 5.73 Å². The van der Waals surface area contributed by atoms with Crippen molar-refractivity contribution in [3.8, 4) is 0 Å². The normalized spacial score (nSPS) is 24.1. The van der Waals surface area contributed by atoms with E-state index < -0.39 is 0 Å². The number of amides is 1. The topological polar surface area (TPSA) is 55.1 Å². The standard InChI is InChI=1S/C16H24N2OS/c1-11(12-6-8-15(20-2)9-7-12)18-16(19)13-4-3-5-14(17)10-13/h6-9,11,13-14H,3-5,10,17H2,1-2H3,(H,18,19). The first-order valence-electron chi connectivity index (χ1n) is 7.30. The van der Waals surface area contributed by atoms with Crippen LogP contribution in [0.5, 0.6) is 0 Å².